The predicted octanol–water partition coefficient (Wildman–Crippen LogP) is 2.67. The average Bonchev–Trinajstić information content (AvgIpc) is 2.43. The molecule has 2 N–H and O–H groups in total. The Kier molecular flexibility index (Phi) is 4.97. The molecule has 0 spiro atoms. The molecule has 0 saturated carbocycles. The van der Waals surface area contributed by atoms with Crippen molar-refractivity contribution >= 4 is 31.6 Å². The molecule has 7 heteroatoms. The Morgan fingerprint density at radius 1 is 1.24 bits per heavy atom. The predicted molar refractivity (Wildman–Crippen MR) is 86.7 cm³/mol. The summed E-state index contributed by atoms with van der Waals surface area (Å²) in [7, 11) is -1.87. The number of nitrogens with one attached hydrogen (secondary N) is 2. The van der Waals surface area contributed by atoms with Gasteiger partial charge in [-0.05, 0) is 59.2 Å². The number of aromatic nitrogens is 1. The third kappa shape index (κ3) is 4.03. The molecule has 0 fully saturated rings. The van der Waals surface area contributed by atoms with E-state index in [9.17, 15) is 8.42 Å². The van der Waals surface area contributed by atoms with E-state index in [4.69, 9.17) is 0 Å². The smallest absolute Gasteiger partial charge is 0.279 e. The fourth-order valence-electron chi connectivity index (χ4n) is 1.78. The number of rotatable bonds is 5. The molecule has 2 rings (SSSR count). The third-order valence-electron chi connectivity index (χ3n) is 2.82. The zero-order valence-corrected chi connectivity index (χ0v) is 14.1. The second-order valence-corrected chi connectivity index (χ2v) is 7.11. The molecule has 0 unspecified atom stereocenters. The van der Waals surface area contributed by atoms with E-state index in [1.807, 2.05) is 26.1 Å². The standard InChI is InChI=1S/C14H16BrN3O2S/c1-10-3-5-13(12(15)7-10)18-21(19,20)14-6-4-11(8-16-2)9-17-14/h3-7,9,16,18H,8H2,1-2H3. The minimum atomic E-state index is -3.69. The average molecular weight is 370 g/mol. The number of hydrogen-bond donors (Lipinski definition) is 2. The number of hydrogen-bond acceptors (Lipinski definition) is 4. The van der Waals surface area contributed by atoms with Crippen LogP contribution < -0.4 is 10.0 Å². The minimum Gasteiger partial charge on any atom is -0.316 e. The van der Waals surface area contributed by atoms with Gasteiger partial charge in [-0.15, -0.1) is 0 Å². The van der Waals surface area contributed by atoms with E-state index in [2.05, 4.69) is 31.0 Å². The Balaban J connectivity index is 2.25. The topological polar surface area (TPSA) is 71.1 Å². The molecule has 0 bridgehead atoms. The van der Waals surface area contributed by atoms with E-state index in [1.54, 1.807) is 18.3 Å². The number of benzene rings is 1. The van der Waals surface area contributed by atoms with Gasteiger partial charge in [-0.1, -0.05) is 12.1 Å². The molecule has 0 aliphatic rings. The zero-order chi connectivity index (χ0) is 15.5. The SMILES string of the molecule is CNCc1ccc(S(=O)(=O)Nc2ccc(C)cc2Br)nc1. The quantitative estimate of drug-likeness (QED) is 0.849. The van der Waals surface area contributed by atoms with Crippen molar-refractivity contribution in [2.45, 2.75) is 18.5 Å². The van der Waals surface area contributed by atoms with Crippen molar-refractivity contribution in [3.63, 3.8) is 0 Å². The first-order valence-electron chi connectivity index (χ1n) is 6.31. The molecule has 0 atom stereocenters. The lowest BCUT2D eigenvalue weighted by molar-refractivity contribution is 0.597. The van der Waals surface area contributed by atoms with E-state index in [0.717, 1.165) is 11.1 Å². The monoisotopic (exact) mass is 369 g/mol. The van der Waals surface area contributed by atoms with Gasteiger partial charge in [-0.25, -0.2) is 4.98 Å². The van der Waals surface area contributed by atoms with Crippen molar-refractivity contribution in [1.29, 1.82) is 0 Å². The molecule has 0 radical (unpaired) electrons. The molecule has 1 aromatic carbocycles. The summed E-state index contributed by atoms with van der Waals surface area (Å²) < 4.78 is 27.8. The highest BCUT2D eigenvalue weighted by atomic mass is 79.9. The number of anilines is 1. The van der Waals surface area contributed by atoms with Crippen molar-refractivity contribution < 1.29 is 8.42 Å². The van der Waals surface area contributed by atoms with E-state index < -0.39 is 10.0 Å². The van der Waals surface area contributed by atoms with Crippen LogP contribution in [0.25, 0.3) is 0 Å². The second kappa shape index (κ2) is 6.55. The van der Waals surface area contributed by atoms with Crippen LogP contribution in [-0.2, 0) is 16.6 Å². The first kappa shape index (κ1) is 15.9. The number of nitrogens with zero attached hydrogens (tertiary/aromatic N) is 1. The van der Waals surface area contributed by atoms with E-state index in [1.165, 1.54) is 6.07 Å². The number of aryl methyl sites for hydroxylation is 1. The van der Waals surface area contributed by atoms with Gasteiger partial charge in [0, 0.05) is 17.2 Å². The van der Waals surface area contributed by atoms with Crippen LogP contribution in [0.5, 0.6) is 0 Å². The second-order valence-electron chi connectivity index (χ2n) is 4.62. The van der Waals surface area contributed by atoms with Gasteiger partial charge in [0.05, 0.1) is 5.69 Å². The summed E-state index contributed by atoms with van der Waals surface area (Å²) in [5, 5.41) is 2.98. The zero-order valence-electron chi connectivity index (χ0n) is 11.7. The van der Waals surface area contributed by atoms with E-state index in [0.29, 0.717) is 16.7 Å². The van der Waals surface area contributed by atoms with Crippen molar-refractivity contribution in [3.8, 4) is 0 Å². The van der Waals surface area contributed by atoms with Gasteiger partial charge >= 0.3 is 0 Å². The normalized spacial score (nSPS) is 11.4. The van der Waals surface area contributed by atoms with Crippen molar-refractivity contribution in [1.82, 2.24) is 10.3 Å². The summed E-state index contributed by atoms with van der Waals surface area (Å²) in [6.07, 6.45) is 1.55. The molecule has 1 heterocycles. The molecule has 21 heavy (non-hydrogen) atoms. The largest absolute Gasteiger partial charge is 0.316 e. The van der Waals surface area contributed by atoms with Crippen LogP contribution in [-0.4, -0.2) is 20.4 Å². The highest BCUT2D eigenvalue weighted by Crippen LogP contribution is 2.25. The lowest BCUT2D eigenvalue weighted by Gasteiger charge is -2.10. The highest BCUT2D eigenvalue weighted by molar-refractivity contribution is 9.10. The Labute approximate surface area is 133 Å². The summed E-state index contributed by atoms with van der Waals surface area (Å²) in [4.78, 5) is 4.01. The van der Waals surface area contributed by atoms with Crippen LogP contribution in [0.2, 0.25) is 0 Å². The molecule has 2 aromatic rings. The molecule has 112 valence electrons. The summed E-state index contributed by atoms with van der Waals surface area (Å²) in [6.45, 7) is 2.58. The van der Waals surface area contributed by atoms with Crippen LogP contribution >= 0.6 is 15.9 Å². The van der Waals surface area contributed by atoms with Crippen molar-refractivity contribution in [2.24, 2.45) is 0 Å². The summed E-state index contributed by atoms with van der Waals surface area (Å²) >= 11 is 3.35. The molecule has 0 aliphatic heterocycles. The van der Waals surface area contributed by atoms with Gasteiger partial charge in [0.15, 0.2) is 5.03 Å². The van der Waals surface area contributed by atoms with Crippen LogP contribution in [0.1, 0.15) is 11.1 Å². The first-order valence-corrected chi connectivity index (χ1v) is 8.58. The van der Waals surface area contributed by atoms with E-state index >= 15 is 0 Å². The highest BCUT2D eigenvalue weighted by Gasteiger charge is 2.17. The Morgan fingerprint density at radius 2 is 2.00 bits per heavy atom. The van der Waals surface area contributed by atoms with E-state index in [-0.39, 0.29) is 5.03 Å². The maximum atomic E-state index is 12.3. The van der Waals surface area contributed by atoms with Crippen LogP contribution in [0, 0.1) is 6.92 Å². The molecule has 0 saturated heterocycles. The Hall–Kier alpha value is -1.44. The molecule has 5 nitrogen and oxygen atoms in total. The fourth-order valence-corrected chi connectivity index (χ4v) is 3.51. The van der Waals surface area contributed by atoms with Gasteiger partial charge in [0.2, 0.25) is 0 Å². The molecule has 1 aromatic heterocycles. The number of sulfonamides is 1. The third-order valence-corrected chi connectivity index (χ3v) is 4.76. The lowest BCUT2D eigenvalue weighted by atomic mass is 10.2. The minimum absolute atomic E-state index is 0.00479. The first-order chi connectivity index (χ1) is 9.92. The molecule has 0 amide bonds. The van der Waals surface area contributed by atoms with Gasteiger partial charge in [-0.2, -0.15) is 8.42 Å². The van der Waals surface area contributed by atoms with Crippen LogP contribution in [0.15, 0.2) is 46.0 Å². The van der Waals surface area contributed by atoms with Gasteiger partial charge in [0.1, 0.15) is 0 Å². The Bertz CT molecular complexity index is 730. The molecule has 0 aliphatic carbocycles. The summed E-state index contributed by atoms with van der Waals surface area (Å²) in [5.74, 6) is 0. The van der Waals surface area contributed by atoms with Gasteiger partial charge in [0.25, 0.3) is 10.0 Å². The fraction of sp³-hybridized carbons (Fsp3) is 0.214. The lowest BCUT2D eigenvalue weighted by Crippen LogP contribution is -2.15. The summed E-state index contributed by atoms with van der Waals surface area (Å²) in [5.41, 5.74) is 2.45. The summed E-state index contributed by atoms with van der Waals surface area (Å²) in [6, 6.07) is 8.64. The van der Waals surface area contributed by atoms with Gasteiger partial charge in [-0.3, -0.25) is 4.72 Å². The Morgan fingerprint density at radius 3 is 2.57 bits per heavy atom. The molecular formula is C14H16BrN3O2S. The van der Waals surface area contributed by atoms with Crippen molar-refractivity contribution in [2.75, 3.05) is 11.8 Å². The maximum absolute atomic E-state index is 12.3. The number of pyridine rings is 1. The number of halogens is 1. The molecular weight excluding hydrogens is 354 g/mol. The maximum Gasteiger partial charge on any atom is 0.279 e. The van der Waals surface area contributed by atoms with Crippen molar-refractivity contribution in [3.05, 3.63) is 52.1 Å². The van der Waals surface area contributed by atoms with Gasteiger partial charge < -0.3 is 5.32 Å². The van der Waals surface area contributed by atoms with Crippen LogP contribution in [0.3, 0.4) is 0 Å². The van der Waals surface area contributed by atoms with Crippen LogP contribution in [0.4, 0.5) is 5.69 Å².